The maximum Gasteiger partial charge on any atom is 0.334 e. The molecule has 4 nitrogen and oxygen atoms in total. The van der Waals surface area contributed by atoms with Gasteiger partial charge in [-0.25, -0.2) is 4.79 Å². The van der Waals surface area contributed by atoms with E-state index in [0.717, 1.165) is 5.56 Å². The van der Waals surface area contributed by atoms with Crippen LogP contribution < -0.4 is 0 Å². The standard InChI is InChI=1S/C17H18O4/c1-21-17(20)13(10-12-6-3-2-4-7-12)11-14-15(18)8-5-9-16(14)19/h2-4,6-7,10,18H,5,8-9,11H2,1H3/b13-10+. The van der Waals surface area contributed by atoms with E-state index in [1.54, 1.807) is 6.08 Å². The number of carbonyl (C=O) groups excluding carboxylic acids is 2. The van der Waals surface area contributed by atoms with Gasteiger partial charge in [0.25, 0.3) is 0 Å². The highest BCUT2D eigenvalue weighted by atomic mass is 16.5. The molecule has 0 bridgehead atoms. The monoisotopic (exact) mass is 286 g/mol. The van der Waals surface area contributed by atoms with Gasteiger partial charge in [0, 0.05) is 30.4 Å². The van der Waals surface area contributed by atoms with Gasteiger partial charge in [-0.1, -0.05) is 30.3 Å². The van der Waals surface area contributed by atoms with E-state index >= 15 is 0 Å². The molecule has 1 aliphatic carbocycles. The predicted octanol–water partition coefficient (Wildman–Crippen LogP) is 3.20. The van der Waals surface area contributed by atoms with E-state index in [1.165, 1.54) is 7.11 Å². The van der Waals surface area contributed by atoms with Crippen molar-refractivity contribution in [3.05, 3.63) is 52.8 Å². The minimum atomic E-state index is -0.488. The summed E-state index contributed by atoms with van der Waals surface area (Å²) in [5.74, 6) is -0.492. The van der Waals surface area contributed by atoms with Crippen LogP contribution in [0.3, 0.4) is 0 Å². The highest BCUT2D eigenvalue weighted by Crippen LogP contribution is 2.26. The number of esters is 1. The molecule has 0 heterocycles. The Morgan fingerprint density at radius 2 is 2.00 bits per heavy atom. The number of ether oxygens (including phenoxy) is 1. The largest absolute Gasteiger partial charge is 0.512 e. The van der Waals surface area contributed by atoms with E-state index in [0.29, 0.717) is 30.4 Å². The van der Waals surface area contributed by atoms with Crippen molar-refractivity contribution < 1.29 is 19.4 Å². The number of ketones is 1. The predicted molar refractivity (Wildman–Crippen MR) is 79.6 cm³/mol. The smallest absolute Gasteiger partial charge is 0.334 e. The van der Waals surface area contributed by atoms with Gasteiger partial charge in [0.1, 0.15) is 0 Å². The fraction of sp³-hybridized carbons (Fsp3) is 0.294. The van der Waals surface area contributed by atoms with Crippen LogP contribution in [0.15, 0.2) is 47.2 Å². The van der Waals surface area contributed by atoms with Crippen molar-refractivity contribution in [1.82, 2.24) is 0 Å². The molecule has 1 aromatic rings. The first-order chi connectivity index (χ1) is 10.1. The Morgan fingerprint density at radius 3 is 2.62 bits per heavy atom. The van der Waals surface area contributed by atoms with Gasteiger partial charge in [-0.05, 0) is 18.1 Å². The molecule has 0 unspecified atom stereocenters. The zero-order chi connectivity index (χ0) is 15.2. The second-order valence-corrected chi connectivity index (χ2v) is 4.95. The van der Waals surface area contributed by atoms with E-state index < -0.39 is 5.97 Å². The molecule has 21 heavy (non-hydrogen) atoms. The van der Waals surface area contributed by atoms with Crippen molar-refractivity contribution in [2.45, 2.75) is 25.7 Å². The van der Waals surface area contributed by atoms with Crippen LogP contribution >= 0.6 is 0 Å². The summed E-state index contributed by atoms with van der Waals surface area (Å²) in [6.07, 6.45) is 3.35. The van der Waals surface area contributed by atoms with Gasteiger partial charge in [0.05, 0.1) is 12.9 Å². The number of methoxy groups -OCH3 is 1. The second-order valence-electron chi connectivity index (χ2n) is 4.95. The van der Waals surface area contributed by atoms with Gasteiger partial charge < -0.3 is 9.84 Å². The minimum absolute atomic E-state index is 0.0918. The molecule has 0 saturated carbocycles. The van der Waals surface area contributed by atoms with Crippen LogP contribution in [-0.4, -0.2) is 24.0 Å². The maximum atomic E-state index is 11.9. The van der Waals surface area contributed by atoms with Crippen molar-refractivity contribution in [2.75, 3.05) is 7.11 Å². The fourth-order valence-corrected chi connectivity index (χ4v) is 2.33. The van der Waals surface area contributed by atoms with Gasteiger partial charge in [0.15, 0.2) is 5.78 Å². The van der Waals surface area contributed by atoms with Crippen LogP contribution in [-0.2, 0) is 14.3 Å². The lowest BCUT2D eigenvalue weighted by atomic mass is 9.91. The van der Waals surface area contributed by atoms with E-state index in [2.05, 4.69) is 0 Å². The Balaban J connectivity index is 2.32. The number of aliphatic hydroxyl groups is 1. The highest BCUT2D eigenvalue weighted by Gasteiger charge is 2.23. The zero-order valence-corrected chi connectivity index (χ0v) is 12.0. The Bertz CT molecular complexity index is 596. The third-order valence-electron chi connectivity index (χ3n) is 3.46. The summed E-state index contributed by atoms with van der Waals surface area (Å²) in [4.78, 5) is 23.8. The summed E-state index contributed by atoms with van der Waals surface area (Å²) < 4.78 is 4.77. The third kappa shape index (κ3) is 3.81. The second kappa shape index (κ2) is 6.88. The Kier molecular flexibility index (Phi) is 4.93. The summed E-state index contributed by atoms with van der Waals surface area (Å²) in [7, 11) is 1.30. The molecule has 0 amide bonds. The van der Waals surface area contributed by atoms with E-state index in [4.69, 9.17) is 4.74 Å². The first-order valence-corrected chi connectivity index (χ1v) is 6.90. The maximum absolute atomic E-state index is 11.9. The lowest BCUT2D eigenvalue weighted by Gasteiger charge is -2.16. The van der Waals surface area contributed by atoms with Crippen LogP contribution in [0.2, 0.25) is 0 Å². The van der Waals surface area contributed by atoms with Gasteiger partial charge in [-0.3, -0.25) is 4.79 Å². The van der Waals surface area contributed by atoms with E-state index in [1.807, 2.05) is 30.3 Å². The molecule has 4 heteroatoms. The van der Waals surface area contributed by atoms with Crippen LogP contribution in [0.4, 0.5) is 0 Å². The Morgan fingerprint density at radius 1 is 1.29 bits per heavy atom. The average molecular weight is 286 g/mol. The number of carbonyl (C=O) groups is 2. The molecule has 1 aromatic carbocycles. The molecule has 1 N–H and O–H groups in total. The molecule has 0 spiro atoms. The summed E-state index contributed by atoms with van der Waals surface area (Å²) in [5, 5.41) is 9.89. The van der Waals surface area contributed by atoms with Crippen molar-refractivity contribution in [2.24, 2.45) is 0 Å². The molecule has 0 radical (unpaired) electrons. The number of benzene rings is 1. The average Bonchev–Trinajstić information content (AvgIpc) is 2.50. The van der Waals surface area contributed by atoms with Crippen LogP contribution in [0.1, 0.15) is 31.2 Å². The highest BCUT2D eigenvalue weighted by molar-refractivity contribution is 6.01. The number of rotatable bonds is 4. The third-order valence-corrected chi connectivity index (χ3v) is 3.46. The fourth-order valence-electron chi connectivity index (χ4n) is 2.33. The van der Waals surface area contributed by atoms with Crippen LogP contribution in [0.25, 0.3) is 6.08 Å². The van der Waals surface area contributed by atoms with Crippen molar-refractivity contribution in [3.8, 4) is 0 Å². The zero-order valence-electron chi connectivity index (χ0n) is 12.0. The number of Topliss-reactive ketones (excluding diaryl/α,β-unsaturated/α-hetero) is 1. The van der Waals surface area contributed by atoms with Gasteiger partial charge in [-0.15, -0.1) is 0 Å². The van der Waals surface area contributed by atoms with Crippen LogP contribution in [0.5, 0.6) is 0 Å². The topological polar surface area (TPSA) is 63.6 Å². The van der Waals surface area contributed by atoms with Crippen molar-refractivity contribution in [1.29, 1.82) is 0 Å². The molecular weight excluding hydrogens is 268 g/mol. The van der Waals surface area contributed by atoms with Crippen molar-refractivity contribution in [3.63, 3.8) is 0 Å². The number of hydrogen-bond acceptors (Lipinski definition) is 4. The van der Waals surface area contributed by atoms with Gasteiger partial charge in [0.2, 0.25) is 0 Å². The molecule has 0 atom stereocenters. The first kappa shape index (κ1) is 15.0. The lowest BCUT2D eigenvalue weighted by Crippen LogP contribution is -2.15. The SMILES string of the molecule is COC(=O)/C(=C/c1ccccc1)CC1=C(O)CCCC1=O. The Labute approximate surface area is 123 Å². The Hall–Kier alpha value is -2.36. The molecule has 0 aliphatic heterocycles. The number of allylic oxidation sites excluding steroid dienone is 2. The van der Waals surface area contributed by atoms with Crippen LogP contribution in [0, 0.1) is 0 Å². The molecule has 0 aromatic heterocycles. The van der Waals surface area contributed by atoms with E-state index in [9.17, 15) is 14.7 Å². The summed E-state index contributed by atoms with van der Waals surface area (Å²) >= 11 is 0. The first-order valence-electron chi connectivity index (χ1n) is 6.90. The van der Waals surface area contributed by atoms with Gasteiger partial charge in [-0.2, -0.15) is 0 Å². The van der Waals surface area contributed by atoms with Crippen molar-refractivity contribution >= 4 is 17.8 Å². The van der Waals surface area contributed by atoms with Gasteiger partial charge >= 0.3 is 5.97 Å². The lowest BCUT2D eigenvalue weighted by molar-refractivity contribution is -0.136. The quantitative estimate of drug-likeness (QED) is 0.682. The number of hydrogen-bond donors (Lipinski definition) is 1. The summed E-state index contributed by atoms with van der Waals surface area (Å²) in [6.45, 7) is 0. The molecule has 0 saturated heterocycles. The summed E-state index contributed by atoms with van der Waals surface area (Å²) in [6, 6.07) is 9.33. The molecule has 110 valence electrons. The molecular formula is C17H18O4. The minimum Gasteiger partial charge on any atom is -0.512 e. The normalized spacial score (nSPS) is 16.0. The van der Waals surface area contributed by atoms with E-state index in [-0.39, 0.29) is 18.0 Å². The molecule has 1 aliphatic rings. The molecule has 2 rings (SSSR count). The summed E-state index contributed by atoms with van der Waals surface area (Å²) in [5.41, 5.74) is 1.54. The number of aliphatic hydroxyl groups excluding tert-OH is 1. The molecule has 0 fully saturated rings.